The first-order chi connectivity index (χ1) is 10.1. The number of carbonyl (C=O) groups is 1. The average molecular weight is 292 g/mol. The van der Waals surface area contributed by atoms with Crippen LogP contribution in [-0.2, 0) is 11.3 Å². The van der Waals surface area contributed by atoms with Gasteiger partial charge in [-0.05, 0) is 32.1 Å². The van der Waals surface area contributed by atoms with Crippen LogP contribution in [0.25, 0.3) is 0 Å². The molecule has 0 saturated heterocycles. The molecule has 21 heavy (non-hydrogen) atoms. The summed E-state index contributed by atoms with van der Waals surface area (Å²) in [5, 5.41) is 10.1. The Morgan fingerprint density at radius 3 is 2.90 bits per heavy atom. The van der Waals surface area contributed by atoms with Gasteiger partial charge in [0, 0.05) is 18.7 Å². The summed E-state index contributed by atoms with van der Waals surface area (Å²) < 4.78 is 1.19. The maximum atomic E-state index is 11.9. The number of carbonyl (C=O) groups excluding carboxylic acids is 1. The van der Waals surface area contributed by atoms with Crippen molar-refractivity contribution in [2.75, 3.05) is 11.9 Å². The molecule has 0 aromatic carbocycles. The lowest BCUT2D eigenvalue weighted by atomic mass is 10.2. The zero-order valence-corrected chi connectivity index (χ0v) is 12.8. The highest BCUT2D eigenvalue weighted by molar-refractivity contribution is 5.75. The van der Waals surface area contributed by atoms with Crippen LogP contribution < -0.4 is 16.2 Å². The Kier molecular flexibility index (Phi) is 5.36. The van der Waals surface area contributed by atoms with E-state index in [1.165, 1.54) is 23.6 Å². The predicted molar refractivity (Wildman–Crippen MR) is 82.2 cm³/mol. The van der Waals surface area contributed by atoms with Crippen molar-refractivity contribution in [1.82, 2.24) is 15.1 Å². The number of aromatic nitrogens is 2. The van der Waals surface area contributed by atoms with E-state index in [4.69, 9.17) is 0 Å². The second kappa shape index (κ2) is 7.24. The highest BCUT2D eigenvalue weighted by atomic mass is 16.2. The summed E-state index contributed by atoms with van der Waals surface area (Å²) in [5.74, 6) is 0.558. The largest absolute Gasteiger partial charge is 0.383 e. The van der Waals surface area contributed by atoms with Crippen LogP contribution in [0.4, 0.5) is 5.69 Å². The normalized spacial score (nSPS) is 15.5. The van der Waals surface area contributed by atoms with Gasteiger partial charge < -0.3 is 10.6 Å². The van der Waals surface area contributed by atoms with E-state index in [1.54, 1.807) is 6.20 Å². The van der Waals surface area contributed by atoms with Crippen LogP contribution in [0.2, 0.25) is 0 Å². The Balaban J connectivity index is 1.87. The summed E-state index contributed by atoms with van der Waals surface area (Å²) in [5.41, 5.74) is 0.469. The van der Waals surface area contributed by atoms with E-state index in [9.17, 15) is 9.59 Å². The standard InChI is InChI=1S/C15H24N4O2/c1-3-4-11(2)18-14(20)10-19-15(21)7-13(9-17-19)16-8-12-5-6-12/h7,9,11-12,16H,3-6,8,10H2,1-2H3,(H,18,20). The van der Waals surface area contributed by atoms with Gasteiger partial charge in [-0.1, -0.05) is 13.3 Å². The topological polar surface area (TPSA) is 76.0 Å². The van der Waals surface area contributed by atoms with Gasteiger partial charge in [0.1, 0.15) is 6.54 Å². The maximum Gasteiger partial charge on any atom is 0.269 e. The second-order valence-corrected chi connectivity index (χ2v) is 5.82. The highest BCUT2D eigenvalue weighted by Crippen LogP contribution is 2.28. The fourth-order valence-electron chi connectivity index (χ4n) is 2.19. The molecule has 0 aliphatic heterocycles. The van der Waals surface area contributed by atoms with E-state index in [-0.39, 0.29) is 24.1 Å². The van der Waals surface area contributed by atoms with E-state index < -0.39 is 0 Å². The minimum Gasteiger partial charge on any atom is -0.383 e. The molecule has 0 radical (unpaired) electrons. The molecule has 2 N–H and O–H groups in total. The molecule has 2 rings (SSSR count). The monoisotopic (exact) mass is 292 g/mol. The lowest BCUT2D eigenvalue weighted by Gasteiger charge is -2.13. The average Bonchev–Trinajstić information content (AvgIpc) is 3.23. The molecule has 1 unspecified atom stereocenters. The molecule has 116 valence electrons. The van der Waals surface area contributed by atoms with Crippen molar-refractivity contribution in [3.63, 3.8) is 0 Å². The number of anilines is 1. The fraction of sp³-hybridized carbons (Fsp3) is 0.667. The Bertz CT molecular complexity index is 537. The van der Waals surface area contributed by atoms with Gasteiger partial charge in [0.15, 0.2) is 0 Å². The van der Waals surface area contributed by atoms with Crippen LogP contribution in [-0.4, -0.2) is 28.3 Å². The Morgan fingerprint density at radius 2 is 2.29 bits per heavy atom. The zero-order chi connectivity index (χ0) is 15.2. The predicted octanol–water partition coefficient (Wildman–Crippen LogP) is 1.37. The third-order valence-corrected chi connectivity index (χ3v) is 3.58. The van der Waals surface area contributed by atoms with Crippen molar-refractivity contribution in [2.24, 2.45) is 5.92 Å². The number of nitrogens with zero attached hydrogens (tertiary/aromatic N) is 2. The van der Waals surface area contributed by atoms with Crippen molar-refractivity contribution in [3.05, 3.63) is 22.6 Å². The smallest absolute Gasteiger partial charge is 0.269 e. The van der Waals surface area contributed by atoms with Gasteiger partial charge >= 0.3 is 0 Å². The van der Waals surface area contributed by atoms with Gasteiger partial charge in [-0.15, -0.1) is 0 Å². The first-order valence-corrected chi connectivity index (χ1v) is 7.69. The van der Waals surface area contributed by atoms with Crippen LogP contribution in [0.3, 0.4) is 0 Å². The van der Waals surface area contributed by atoms with E-state index >= 15 is 0 Å². The SMILES string of the molecule is CCCC(C)NC(=O)Cn1ncc(NCC2CC2)cc1=O. The Labute approximate surface area is 124 Å². The van der Waals surface area contributed by atoms with Crippen molar-refractivity contribution < 1.29 is 4.79 Å². The first-order valence-electron chi connectivity index (χ1n) is 7.69. The first kappa shape index (κ1) is 15.5. The molecule has 6 nitrogen and oxygen atoms in total. The van der Waals surface area contributed by atoms with E-state index in [2.05, 4.69) is 22.7 Å². The van der Waals surface area contributed by atoms with Gasteiger partial charge in [0.25, 0.3) is 5.56 Å². The number of rotatable bonds is 8. The molecule has 1 aliphatic rings. The van der Waals surface area contributed by atoms with E-state index in [0.29, 0.717) is 0 Å². The summed E-state index contributed by atoms with van der Waals surface area (Å²) in [6.45, 7) is 4.89. The number of hydrogen-bond acceptors (Lipinski definition) is 4. The maximum absolute atomic E-state index is 11.9. The molecular weight excluding hydrogens is 268 g/mol. The highest BCUT2D eigenvalue weighted by Gasteiger charge is 2.20. The summed E-state index contributed by atoms with van der Waals surface area (Å²) >= 11 is 0. The minimum absolute atomic E-state index is 0.0320. The molecule has 0 bridgehead atoms. The van der Waals surface area contributed by atoms with E-state index in [0.717, 1.165) is 31.0 Å². The number of hydrogen-bond donors (Lipinski definition) is 2. The minimum atomic E-state index is -0.255. The van der Waals surface area contributed by atoms with Crippen molar-refractivity contribution in [3.8, 4) is 0 Å². The third-order valence-electron chi connectivity index (χ3n) is 3.58. The van der Waals surface area contributed by atoms with Crippen LogP contribution in [0, 0.1) is 5.92 Å². The molecule has 0 spiro atoms. The number of nitrogens with one attached hydrogen (secondary N) is 2. The lowest BCUT2D eigenvalue weighted by Crippen LogP contribution is -2.38. The van der Waals surface area contributed by atoms with Crippen molar-refractivity contribution in [2.45, 2.75) is 52.1 Å². The van der Waals surface area contributed by atoms with Crippen LogP contribution in [0.5, 0.6) is 0 Å². The van der Waals surface area contributed by atoms with E-state index in [1.807, 2.05) is 6.92 Å². The lowest BCUT2D eigenvalue weighted by molar-refractivity contribution is -0.122. The summed E-state index contributed by atoms with van der Waals surface area (Å²) in [4.78, 5) is 23.8. The van der Waals surface area contributed by atoms with Gasteiger partial charge in [-0.3, -0.25) is 9.59 Å². The fourth-order valence-corrected chi connectivity index (χ4v) is 2.19. The van der Waals surface area contributed by atoms with Crippen LogP contribution >= 0.6 is 0 Å². The molecule has 1 atom stereocenters. The zero-order valence-electron chi connectivity index (χ0n) is 12.8. The van der Waals surface area contributed by atoms with Crippen molar-refractivity contribution >= 4 is 11.6 Å². The van der Waals surface area contributed by atoms with Gasteiger partial charge in [0.05, 0.1) is 11.9 Å². The molecular formula is C15H24N4O2. The quantitative estimate of drug-likeness (QED) is 0.759. The molecule has 1 saturated carbocycles. The molecule has 1 fully saturated rings. The second-order valence-electron chi connectivity index (χ2n) is 5.82. The Hall–Kier alpha value is -1.85. The van der Waals surface area contributed by atoms with Crippen molar-refractivity contribution in [1.29, 1.82) is 0 Å². The van der Waals surface area contributed by atoms with Crippen LogP contribution in [0.1, 0.15) is 39.5 Å². The van der Waals surface area contributed by atoms with Crippen LogP contribution in [0.15, 0.2) is 17.1 Å². The molecule has 1 aromatic heterocycles. The molecule has 1 aromatic rings. The van der Waals surface area contributed by atoms with Gasteiger partial charge in [-0.25, -0.2) is 4.68 Å². The summed E-state index contributed by atoms with van der Waals surface area (Å²) in [6.07, 6.45) is 6.06. The third kappa shape index (κ3) is 5.21. The summed E-state index contributed by atoms with van der Waals surface area (Å²) in [7, 11) is 0. The molecule has 1 amide bonds. The number of amides is 1. The molecule has 1 heterocycles. The Morgan fingerprint density at radius 1 is 1.52 bits per heavy atom. The van der Waals surface area contributed by atoms with Gasteiger partial charge in [0.2, 0.25) is 5.91 Å². The molecule has 6 heteroatoms. The summed E-state index contributed by atoms with van der Waals surface area (Å²) in [6, 6.07) is 1.62. The molecule has 1 aliphatic carbocycles. The van der Waals surface area contributed by atoms with Gasteiger partial charge in [-0.2, -0.15) is 5.10 Å².